The Morgan fingerprint density at radius 3 is 2.52 bits per heavy atom. The van der Waals surface area contributed by atoms with Crippen LogP contribution in [-0.2, 0) is 19.6 Å². The summed E-state index contributed by atoms with van der Waals surface area (Å²) in [5, 5.41) is 0. The Kier molecular flexibility index (Phi) is 7.28. The molecule has 0 saturated heterocycles. The van der Waals surface area contributed by atoms with Crippen molar-refractivity contribution in [2.24, 2.45) is 0 Å². The zero-order valence-electron chi connectivity index (χ0n) is 14.5. The Hall–Kier alpha value is -1.34. The maximum absolute atomic E-state index is 12.9. The molecule has 0 fully saturated rings. The zero-order valence-corrected chi connectivity index (χ0v) is 15.3. The third-order valence-corrected chi connectivity index (χ3v) is 5.27. The van der Waals surface area contributed by atoms with Crippen molar-refractivity contribution in [2.45, 2.75) is 58.5 Å². The van der Waals surface area contributed by atoms with Crippen molar-refractivity contribution in [1.82, 2.24) is 9.62 Å². The Morgan fingerprint density at radius 2 is 2.04 bits per heavy atom. The molecule has 0 spiro atoms. The van der Waals surface area contributed by atoms with Crippen molar-refractivity contribution in [2.75, 3.05) is 12.9 Å². The first-order valence-electron chi connectivity index (χ1n) is 8.08. The van der Waals surface area contributed by atoms with Crippen molar-refractivity contribution in [3.8, 4) is 0 Å². The summed E-state index contributed by atoms with van der Waals surface area (Å²) in [5.74, 6) is 0.371. The van der Waals surface area contributed by atoms with E-state index in [0.29, 0.717) is 24.3 Å². The second-order valence-electron chi connectivity index (χ2n) is 5.62. The summed E-state index contributed by atoms with van der Waals surface area (Å²) in [4.78, 5) is 14.5. The predicted molar refractivity (Wildman–Crippen MR) is 91.1 cm³/mol. The highest BCUT2D eigenvalue weighted by Crippen LogP contribution is 2.30. The average molecular weight is 344 g/mol. The van der Waals surface area contributed by atoms with Gasteiger partial charge in [-0.05, 0) is 19.8 Å². The van der Waals surface area contributed by atoms with Crippen molar-refractivity contribution < 1.29 is 17.9 Å². The molecule has 0 unspecified atom stereocenters. The monoisotopic (exact) mass is 344 g/mol. The van der Waals surface area contributed by atoms with Crippen LogP contribution in [0.15, 0.2) is 24.1 Å². The van der Waals surface area contributed by atoms with Gasteiger partial charge in [-0.25, -0.2) is 13.1 Å². The fourth-order valence-corrected chi connectivity index (χ4v) is 3.50. The molecular formula is C16H28N2O4S. The van der Waals surface area contributed by atoms with Gasteiger partial charge in [0.25, 0.3) is 0 Å². The van der Waals surface area contributed by atoms with Crippen LogP contribution >= 0.6 is 0 Å². The average Bonchev–Trinajstić information content (AvgIpc) is 2.82. The minimum Gasteiger partial charge on any atom is -0.499 e. The number of methoxy groups -OCH3 is 1. The number of carbonyl (C=O) groups is 1. The Balaban J connectivity index is 3.04. The molecule has 0 saturated carbocycles. The molecule has 2 atom stereocenters. The van der Waals surface area contributed by atoms with Crippen LogP contribution in [0.2, 0.25) is 0 Å². The molecule has 0 aliphatic carbocycles. The molecule has 0 bridgehead atoms. The number of hydrogen-bond acceptors (Lipinski definition) is 4. The van der Waals surface area contributed by atoms with Crippen LogP contribution in [0.5, 0.6) is 0 Å². The van der Waals surface area contributed by atoms with Crippen LogP contribution in [0.1, 0.15) is 46.5 Å². The van der Waals surface area contributed by atoms with E-state index in [-0.39, 0.29) is 17.7 Å². The molecule has 1 N–H and O–H groups in total. The van der Waals surface area contributed by atoms with Gasteiger partial charge < -0.3 is 9.64 Å². The topological polar surface area (TPSA) is 75.7 Å². The number of allylic oxidation sites excluding steroid dienone is 1. The molecule has 1 rings (SSSR count). The van der Waals surface area contributed by atoms with E-state index in [9.17, 15) is 13.2 Å². The van der Waals surface area contributed by atoms with Crippen molar-refractivity contribution in [1.29, 1.82) is 0 Å². The summed E-state index contributed by atoms with van der Waals surface area (Å²) in [6.45, 7) is 9.42. The maximum atomic E-state index is 12.9. The molecule has 1 aliphatic rings. The molecule has 0 aromatic heterocycles. The largest absolute Gasteiger partial charge is 0.499 e. The van der Waals surface area contributed by atoms with Crippen LogP contribution in [0.3, 0.4) is 0 Å². The van der Waals surface area contributed by atoms with E-state index in [4.69, 9.17) is 4.74 Å². The number of hydrogen-bond donors (Lipinski definition) is 1. The minimum absolute atomic E-state index is 0.0542. The quantitative estimate of drug-likeness (QED) is 0.695. The van der Waals surface area contributed by atoms with Gasteiger partial charge in [-0.1, -0.05) is 33.3 Å². The van der Waals surface area contributed by atoms with Crippen LogP contribution < -0.4 is 4.72 Å². The molecular weight excluding hydrogens is 316 g/mol. The molecule has 132 valence electrons. The summed E-state index contributed by atoms with van der Waals surface area (Å²) < 4.78 is 31.6. The number of ether oxygens (including phenoxy) is 1. The van der Waals surface area contributed by atoms with Gasteiger partial charge in [-0.15, -0.1) is 0 Å². The number of nitrogens with zero attached hydrogens (tertiary/aromatic N) is 1. The van der Waals surface area contributed by atoms with Crippen LogP contribution in [0.4, 0.5) is 0 Å². The molecule has 6 nitrogen and oxygen atoms in total. The normalized spacial score (nSPS) is 19.7. The first-order chi connectivity index (χ1) is 10.8. The molecule has 0 aromatic rings. The third kappa shape index (κ3) is 4.81. The fourth-order valence-electron chi connectivity index (χ4n) is 2.68. The van der Waals surface area contributed by atoms with Crippen LogP contribution in [0.25, 0.3) is 0 Å². The molecule has 0 radical (unpaired) electrons. The highest BCUT2D eigenvalue weighted by atomic mass is 32.2. The number of amides is 1. The lowest BCUT2D eigenvalue weighted by Gasteiger charge is -2.30. The molecule has 0 aromatic carbocycles. The van der Waals surface area contributed by atoms with E-state index < -0.39 is 16.1 Å². The van der Waals surface area contributed by atoms with Crippen molar-refractivity contribution in [3.05, 3.63) is 24.1 Å². The van der Waals surface area contributed by atoms with Crippen LogP contribution in [0, 0.1) is 0 Å². The van der Waals surface area contributed by atoms with Gasteiger partial charge in [0.2, 0.25) is 15.9 Å². The van der Waals surface area contributed by atoms with E-state index in [2.05, 4.69) is 11.3 Å². The number of rotatable bonds is 9. The summed E-state index contributed by atoms with van der Waals surface area (Å²) in [6.07, 6.45) is 4.51. The van der Waals surface area contributed by atoms with E-state index >= 15 is 0 Å². The molecule has 1 aliphatic heterocycles. The second kappa shape index (κ2) is 8.49. The van der Waals surface area contributed by atoms with Crippen LogP contribution in [-0.4, -0.2) is 44.2 Å². The first-order valence-corrected chi connectivity index (χ1v) is 9.74. The Labute approximate surface area is 139 Å². The standard InChI is InChI=1S/C16H28N2O4S/c1-6-9-13(17-23(20,21)8-3)16(19)18-12(4)11-15(22-5)14(18)10-7-2/h11,13-14,17H,4,6-10H2,1-3,5H3/t13-,14+/m0/s1. The van der Waals surface area contributed by atoms with Gasteiger partial charge in [-0.3, -0.25) is 4.79 Å². The SMILES string of the molecule is C=C1C=C(OC)[C@@H](CCC)N1C(=O)[C@H](CCC)NS(=O)(=O)CC. The van der Waals surface area contributed by atoms with E-state index in [1.54, 1.807) is 25.0 Å². The summed E-state index contributed by atoms with van der Waals surface area (Å²) in [5.41, 5.74) is 0.544. The lowest BCUT2D eigenvalue weighted by Crippen LogP contribution is -2.50. The number of carbonyl (C=O) groups excluding carboxylic acids is 1. The fraction of sp³-hybridized carbons (Fsp3) is 0.688. The highest BCUT2D eigenvalue weighted by Gasteiger charge is 2.38. The molecule has 7 heteroatoms. The smallest absolute Gasteiger partial charge is 0.245 e. The number of sulfonamides is 1. The predicted octanol–water partition coefficient (Wildman–Crippen LogP) is 2.15. The van der Waals surface area contributed by atoms with E-state index in [1.165, 1.54) is 0 Å². The van der Waals surface area contributed by atoms with Gasteiger partial charge in [0, 0.05) is 11.8 Å². The van der Waals surface area contributed by atoms with Crippen molar-refractivity contribution in [3.63, 3.8) is 0 Å². The third-order valence-electron chi connectivity index (χ3n) is 3.87. The Bertz CT molecular complexity index is 569. The Morgan fingerprint density at radius 1 is 1.39 bits per heavy atom. The summed E-state index contributed by atoms with van der Waals surface area (Å²) >= 11 is 0. The second-order valence-corrected chi connectivity index (χ2v) is 7.66. The molecule has 23 heavy (non-hydrogen) atoms. The van der Waals surface area contributed by atoms with Gasteiger partial charge >= 0.3 is 0 Å². The molecule has 1 amide bonds. The van der Waals surface area contributed by atoms with Gasteiger partial charge in [0.05, 0.1) is 18.9 Å². The highest BCUT2D eigenvalue weighted by molar-refractivity contribution is 7.89. The van der Waals surface area contributed by atoms with Gasteiger partial charge in [0.1, 0.15) is 11.8 Å². The van der Waals surface area contributed by atoms with Gasteiger partial charge in [-0.2, -0.15) is 0 Å². The lowest BCUT2D eigenvalue weighted by atomic mass is 10.1. The molecule has 1 heterocycles. The zero-order chi connectivity index (χ0) is 17.6. The maximum Gasteiger partial charge on any atom is 0.245 e. The lowest BCUT2D eigenvalue weighted by molar-refractivity contribution is -0.132. The van der Waals surface area contributed by atoms with E-state index in [1.807, 2.05) is 13.8 Å². The summed E-state index contributed by atoms with van der Waals surface area (Å²) in [6, 6.07) is -0.985. The minimum atomic E-state index is -3.46. The first kappa shape index (κ1) is 19.7. The van der Waals surface area contributed by atoms with Crippen molar-refractivity contribution >= 4 is 15.9 Å². The summed E-state index contributed by atoms with van der Waals surface area (Å²) in [7, 11) is -1.89. The van der Waals surface area contributed by atoms with Gasteiger partial charge in [0.15, 0.2) is 0 Å². The number of nitrogens with one attached hydrogen (secondary N) is 1. The van der Waals surface area contributed by atoms with E-state index in [0.717, 1.165) is 12.8 Å².